The van der Waals surface area contributed by atoms with Crippen molar-refractivity contribution in [3.63, 3.8) is 0 Å². The van der Waals surface area contributed by atoms with E-state index >= 15 is 0 Å². The summed E-state index contributed by atoms with van der Waals surface area (Å²) in [6, 6.07) is 2.82. The number of aromatic hydroxyl groups is 1. The van der Waals surface area contributed by atoms with E-state index in [0.29, 0.717) is 0 Å². The largest absolute Gasteiger partial charge is 0.508 e. The molecule has 100 valence electrons. The topological polar surface area (TPSA) is 72.5 Å². The van der Waals surface area contributed by atoms with Crippen LogP contribution in [0.1, 0.15) is 36.6 Å². The van der Waals surface area contributed by atoms with Crippen molar-refractivity contribution in [1.82, 2.24) is 0 Å². The highest BCUT2D eigenvalue weighted by molar-refractivity contribution is 5.77. The van der Waals surface area contributed by atoms with Crippen LogP contribution in [-0.2, 0) is 9.53 Å². The maximum Gasteiger partial charge on any atom is 0.313 e. The van der Waals surface area contributed by atoms with Gasteiger partial charge in [-0.1, -0.05) is 0 Å². The standard InChI is InChI=1S/C14H21NO3/c1-8-6-10(16)7-9(2)11(8)12(15)14(3,4)13(17)18-5/h6-7,12,16H,15H2,1-5H3/t12-/m1/s1. The highest BCUT2D eigenvalue weighted by Gasteiger charge is 2.37. The van der Waals surface area contributed by atoms with E-state index in [4.69, 9.17) is 10.5 Å². The number of hydrogen-bond acceptors (Lipinski definition) is 4. The molecule has 4 nitrogen and oxygen atoms in total. The van der Waals surface area contributed by atoms with Gasteiger partial charge in [-0.3, -0.25) is 4.79 Å². The Morgan fingerprint density at radius 1 is 1.33 bits per heavy atom. The lowest BCUT2D eigenvalue weighted by molar-refractivity contribution is -0.152. The molecular formula is C14H21NO3. The first-order chi connectivity index (χ1) is 8.21. The molecular weight excluding hydrogens is 230 g/mol. The summed E-state index contributed by atoms with van der Waals surface area (Å²) < 4.78 is 4.79. The van der Waals surface area contributed by atoms with Crippen LogP contribution in [-0.4, -0.2) is 18.2 Å². The van der Waals surface area contributed by atoms with E-state index in [9.17, 15) is 9.90 Å². The van der Waals surface area contributed by atoms with Gasteiger partial charge >= 0.3 is 5.97 Å². The molecule has 1 atom stereocenters. The minimum absolute atomic E-state index is 0.205. The molecule has 1 aromatic rings. The summed E-state index contributed by atoms with van der Waals surface area (Å²) in [7, 11) is 1.35. The third-order valence-electron chi connectivity index (χ3n) is 3.38. The molecule has 1 aromatic carbocycles. The van der Waals surface area contributed by atoms with Crippen molar-refractivity contribution in [2.24, 2.45) is 11.1 Å². The quantitative estimate of drug-likeness (QED) is 0.808. The Morgan fingerprint density at radius 2 is 1.78 bits per heavy atom. The van der Waals surface area contributed by atoms with E-state index in [1.165, 1.54) is 7.11 Å². The van der Waals surface area contributed by atoms with E-state index in [1.807, 2.05) is 13.8 Å². The fourth-order valence-corrected chi connectivity index (χ4v) is 2.19. The van der Waals surface area contributed by atoms with Crippen LogP contribution in [0, 0.1) is 19.3 Å². The van der Waals surface area contributed by atoms with E-state index < -0.39 is 11.5 Å². The van der Waals surface area contributed by atoms with Crippen LogP contribution < -0.4 is 5.73 Å². The predicted molar refractivity (Wildman–Crippen MR) is 70.3 cm³/mol. The minimum atomic E-state index is -0.818. The second-order valence-electron chi connectivity index (χ2n) is 5.18. The van der Waals surface area contributed by atoms with E-state index in [0.717, 1.165) is 16.7 Å². The van der Waals surface area contributed by atoms with Gasteiger partial charge in [0.1, 0.15) is 5.75 Å². The van der Waals surface area contributed by atoms with Gasteiger partial charge in [0.2, 0.25) is 0 Å². The highest BCUT2D eigenvalue weighted by Crippen LogP contribution is 2.36. The number of aryl methyl sites for hydroxylation is 2. The van der Waals surface area contributed by atoms with Crippen molar-refractivity contribution < 1.29 is 14.6 Å². The Labute approximate surface area is 108 Å². The third-order valence-corrected chi connectivity index (χ3v) is 3.38. The van der Waals surface area contributed by atoms with Crippen LogP contribution in [0.5, 0.6) is 5.75 Å². The zero-order valence-corrected chi connectivity index (χ0v) is 11.6. The minimum Gasteiger partial charge on any atom is -0.508 e. The second-order valence-corrected chi connectivity index (χ2v) is 5.18. The molecule has 1 rings (SSSR count). The Bertz CT molecular complexity index is 443. The molecule has 0 saturated heterocycles. The first-order valence-corrected chi connectivity index (χ1v) is 5.86. The van der Waals surface area contributed by atoms with Crippen LogP contribution in [0.2, 0.25) is 0 Å². The lowest BCUT2D eigenvalue weighted by Gasteiger charge is -2.31. The van der Waals surface area contributed by atoms with Crippen LogP contribution in [0.15, 0.2) is 12.1 Å². The Morgan fingerprint density at radius 3 is 2.17 bits per heavy atom. The summed E-state index contributed by atoms with van der Waals surface area (Å²) in [5.41, 5.74) is 8.02. The number of methoxy groups -OCH3 is 1. The summed E-state index contributed by atoms with van der Waals surface area (Å²) >= 11 is 0. The lowest BCUT2D eigenvalue weighted by Crippen LogP contribution is -2.38. The normalized spacial score (nSPS) is 13.2. The summed E-state index contributed by atoms with van der Waals surface area (Å²) in [5, 5.41) is 9.53. The average Bonchev–Trinajstić information content (AvgIpc) is 2.26. The van der Waals surface area contributed by atoms with Crippen LogP contribution in [0.25, 0.3) is 0 Å². The van der Waals surface area contributed by atoms with E-state index in [2.05, 4.69) is 0 Å². The van der Waals surface area contributed by atoms with Crippen LogP contribution in [0.4, 0.5) is 0 Å². The molecule has 3 N–H and O–H groups in total. The third kappa shape index (κ3) is 2.48. The smallest absolute Gasteiger partial charge is 0.313 e. The highest BCUT2D eigenvalue weighted by atomic mass is 16.5. The molecule has 0 aliphatic carbocycles. The Hall–Kier alpha value is -1.55. The van der Waals surface area contributed by atoms with Gasteiger partial charge in [-0.25, -0.2) is 0 Å². The molecule has 4 heteroatoms. The van der Waals surface area contributed by atoms with Crippen molar-refractivity contribution >= 4 is 5.97 Å². The maximum atomic E-state index is 11.8. The van der Waals surface area contributed by atoms with Gasteiger partial charge in [-0.2, -0.15) is 0 Å². The van der Waals surface area contributed by atoms with Crippen molar-refractivity contribution in [2.75, 3.05) is 7.11 Å². The number of benzene rings is 1. The molecule has 0 aliphatic rings. The molecule has 0 radical (unpaired) electrons. The SMILES string of the molecule is COC(=O)C(C)(C)[C@H](N)c1c(C)cc(O)cc1C. The first kappa shape index (κ1) is 14.5. The monoisotopic (exact) mass is 251 g/mol. The molecule has 0 fully saturated rings. The molecule has 0 spiro atoms. The molecule has 0 heterocycles. The molecule has 18 heavy (non-hydrogen) atoms. The zero-order chi connectivity index (χ0) is 14.1. The summed E-state index contributed by atoms with van der Waals surface area (Å²) in [6.45, 7) is 7.26. The average molecular weight is 251 g/mol. The Kier molecular flexibility index (Phi) is 4.02. The number of phenolic OH excluding ortho intramolecular Hbond substituents is 1. The van der Waals surface area contributed by atoms with Crippen molar-refractivity contribution in [3.8, 4) is 5.75 Å². The van der Waals surface area contributed by atoms with E-state index in [-0.39, 0.29) is 11.7 Å². The van der Waals surface area contributed by atoms with E-state index in [1.54, 1.807) is 26.0 Å². The van der Waals surface area contributed by atoms with Gasteiger partial charge in [-0.15, -0.1) is 0 Å². The lowest BCUT2D eigenvalue weighted by atomic mass is 9.78. The number of esters is 1. The number of carbonyl (C=O) groups is 1. The molecule has 0 aromatic heterocycles. The van der Waals surface area contributed by atoms with Crippen molar-refractivity contribution in [2.45, 2.75) is 33.7 Å². The van der Waals surface area contributed by atoms with Crippen molar-refractivity contribution in [1.29, 1.82) is 0 Å². The predicted octanol–water partition coefficient (Wildman–Crippen LogP) is 2.21. The van der Waals surface area contributed by atoms with Gasteiger partial charge in [0.25, 0.3) is 0 Å². The summed E-state index contributed by atoms with van der Waals surface area (Å²) in [5.74, 6) is -0.140. The first-order valence-electron chi connectivity index (χ1n) is 5.86. The number of hydrogen-bond donors (Lipinski definition) is 2. The van der Waals surface area contributed by atoms with Crippen molar-refractivity contribution in [3.05, 3.63) is 28.8 Å². The van der Waals surface area contributed by atoms with Crippen LogP contribution >= 0.6 is 0 Å². The van der Waals surface area contributed by atoms with Gasteiger partial charge in [0.05, 0.1) is 12.5 Å². The number of phenols is 1. The number of ether oxygens (including phenoxy) is 1. The fraction of sp³-hybridized carbons (Fsp3) is 0.500. The number of carbonyl (C=O) groups excluding carboxylic acids is 1. The molecule has 0 unspecified atom stereocenters. The number of rotatable bonds is 3. The van der Waals surface area contributed by atoms with Gasteiger partial charge in [0, 0.05) is 6.04 Å². The zero-order valence-electron chi connectivity index (χ0n) is 11.6. The molecule has 0 amide bonds. The van der Waals surface area contributed by atoms with Crippen LogP contribution in [0.3, 0.4) is 0 Å². The molecule has 0 bridgehead atoms. The van der Waals surface area contributed by atoms with Gasteiger partial charge in [0.15, 0.2) is 0 Å². The summed E-state index contributed by atoms with van der Waals surface area (Å²) in [4.78, 5) is 11.8. The molecule has 0 saturated carbocycles. The number of nitrogens with two attached hydrogens (primary N) is 1. The second kappa shape index (κ2) is 4.98. The Balaban J connectivity index is 3.27. The van der Waals surface area contributed by atoms with Gasteiger partial charge in [-0.05, 0) is 56.5 Å². The summed E-state index contributed by atoms with van der Waals surface area (Å²) in [6.07, 6.45) is 0. The fourth-order valence-electron chi connectivity index (χ4n) is 2.19. The molecule has 0 aliphatic heterocycles. The van der Waals surface area contributed by atoms with Gasteiger partial charge < -0.3 is 15.6 Å². The maximum absolute atomic E-state index is 11.8.